The molecule has 0 saturated heterocycles. The van der Waals surface area contributed by atoms with Crippen LogP contribution in [0.5, 0.6) is 5.75 Å². The van der Waals surface area contributed by atoms with Gasteiger partial charge in [0.2, 0.25) is 0 Å². The molecule has 1 aromatic carbocycles. The summed E-state index contributed by atoms with van der Waals surface area (Å²) in [6, 6.07) is 4.19. The normalized spacial score (nSPS) is 9.44. The van der Waals surface area contributed by atoms with Crippen molar-refractivity contribution in [1.29, 1.82) is 0 Å². The molecule has 0 bridgehead atoms. The number of rotatable bonds is 4. The van der Waals surface area contributed by atoms with E-state index in [1.165, 1.54) is 12.1 Å². The quantitative estimate of drug-likeness (QED) is 0.459. The van der Waals surface area contributed by atoms with Crippen molar-refractivity contribution in [2.24, 2.45) is 0 Å². The van der Waals surface area contributed by atoms with Gasteiger partial charge in [0.1, 0.15) is 18.2 Å². The molecule has 0 atom stereocenters. The molecule has 0 N–H and O–H groups in total. The first-order valence-corrected chi connectivity index (χ1v) is 5.27. The number of hydrogen-bond donors (Lipinski definition) is 0. The van der Waals surface area contributed by atoms with Crippen LogP contribution in [0, 0.1) is 17.7 Å². The molecule has 1 rings (SSSR count). The summed E-state index contributed by atoms with van der Waals surface area (Å²) in [4.78, 5) is 0. The van der Waals surface area contributed by atoms with Crippen molar-refractivity contribution >= 4 is 11.6 Å². The number of alkyl halides is 1. The zero-order chi connectivity index (χ0) is 11.8. The molecule has 1 aromatic rings. The van der Waals surface area contributed by atoms with Gasteiger partial charge in [-0.15, -0.1) is 11.6 Å². The van der Waals surface area contributed by atoms with Crippen molar-refractivity contribution < 1.29 is 13.9 Å². The van der Waals surface area contributed by atoms with E-state index >= 15 is 0 Å². The Morgan fingerprint density at radius 3 is 2.88 bits per heavy atom. The van der Waals surface area contributed by atoms with Gasteiger partial charge >= 0.3 is 0 Å². The van der Waals surface area contributed by atoms with E-state index in [1.807, 2.05) is 0 Å². The van der Waals surface area contributed by atoms with Gasteiger partial charge in [0.05, 0.1) is 18.1 Å². The van der Waals surface area contributed by atoms with Crippen molar-refractivity contribution in [2.75, 3.05) is 26.2 Å². The molecule has 0 fully saturated rings. The first kappa shape index (κ1) is 12.8. The maximum atomic E-state index is 13.0. The molecule has 0 spiro atoms. The third-order valence-electron chi connectivity index (χ3n) is 1.78. The van der Waals surface area contributed by atoms with E-state index in [0.29, 0.717) is 24.5 Å². The van der Waals surface area contributed by atoms with Gasteiger partial charge in [0, 0.05) is 7.11 Å². The molecule has 0 aliphatic rings. The minimum atomic E-state index is -0.349. The van der Waals surface area contributed by atoms with Crippen LogP contribution in [0.3, 0.4) is 0 Å². The molecule has 0 unspecified atom stereocenters. The molecular weight excluding hydrogens is 231 g/mol. The van der Waals surface area contributed by atoms with Crippen LogP contribution in [0.4, 0.5) is 4.39 Å². The largest absolute Gasteiger partial charge is 0.490 e. The Morgan fingerprint density at radius 2 is 2.19 bits per heavy atom. The molecule has 0 aliphatic carbocycles. The number of hydrogen-bond acceptors (Lipinski definition) is 2. The lowest BCUT2D eigenvalue weighted by molar-refractivity contribution is 0.146. The topological polar surface area (TPSA) is 18.5 Å². The summed E-state index contributed by atoms with van der Waals surface area (Å²) >= 11 is 5.44. The predicted molar refractivity (Wildman–Crippen MR) is 61.4 cm³/mol. The molecular formula is C12H12ClFO2. The molecule has 0 radical (unpaired) electrons. The fourth-order valence-electron chi connectivity index (χ4n) is 1.09. The number of benzene rings is 1. The Morgan fingerprint density at radius 1 is 1.38 bits per heavy atom. The monoisotopic (exact) mass is 242 g/mol. The highest BCUT2D eigenvalue weighted by atomic mass is 35.5. The van der Waals surface area contributed by atoms with E-state index in [-0.39, 0.29) is 11.7 Å². The van der Waals surface area contributed by atoms with Crippen LogP contribution >= 0.6 is 11.6 Å². The van der Waals surface area contributed by atoms with Gasteiger partial charge in [-0.25, -0.2) is 4.39 Å². The molecule has 4 heteroatoms. The van der Waals surface area contributed by atoms with Gasteiger partial charge in [0.25, 0.3) is 0 Å². The average molecular weight is 243 g/mol. The van der Waals surface area contributed by atoms with Crippen LogP contribution in [-0.4, -0.2) is 26.2 Å². The van der Waals surface area contributed by atoms with E-state index < -0.39 is 0 Å². The van der Waals surface area contributed by atoms with Crippen LogP contribution in [0.15, 0.2) is 18.2 Å². The lowest BCUT2D eigenvalue weighted by atomic mass is 10.2. The van der Waals surface area contributed by atoms with Gasteiger partial charge in [-0.3, -0.25) is 0 Å². The van der Waals surface area contributed by atoms with Crippen LogP contribution in [-0.2, 0) is 4.74 Å². The van der Waals surface area contributed by atoms with Crippen molar-refractivity contribution in [1.82, 2.24) is 0 Å². The predicted octanol–water partition coefficient (Wildman–Crippen LogP) is 2.44. The average Bonchev–Trinajstić information content (AvgIpc) is 2.29. The first-order chi connectivity index (χ1) is 7.77. The van der Waals surface area contributed by atoms with Crippen molar-refractivity contribution in [3.8, 4) is 17.6 Å². The molecule has 2 nitrogen and oxygen atoms in total. The summed E-state index contributed by atoms with van der Waals surface area (Å²) < 4.78 is 23.2. The molecule has 0 aliphatic heterocycles. The maximum absolute atomic E-state index is 13.0. The number of halogens is 2. The summed E-state index contributed by atoms with van der Waals surface area (Å²) in [5.74, 6) is 5.79. The van der Waals surface area contributed by atoms with Crippen LogP contribution in [0.25, 0.3) is 0 Å². The van der Waals surface area contributed by atoms with Gasteiger partial charge in [-0.1, -0.05) is 11.8 Å². The third kappa shape index (κ3) is 4.09. The number of methoxy groups -OCH3 is 1. The number of ether oxygens (including phenoxy) is 2. The van der Waals surface area contributed by atoms with E-state index in [2.05, 4.69) is 11.8 Å². The maximum Gasteiger partial charge on any atom is 0.135 e. The standard InChI is InChI=1S/C12H12ClFO2/c1-15-7-8-16-12-5-4-11(14)9-10(12)3-2-6-13/h4-5,9H,6-8H2,1H3. The minimum Gasteiger partial charge on any atom is -0.490 e. The van der Waals surface area contributed by atoms with E-state index in [0.717, 1.165) is 0 Å². The second kappa shape index (κ2) is 7.10. The molecule has 0 aromatic heterocycles. The Balaban J connectivity index is 2.80. The Labute approximate surface area is 99.3 Å². The molecule has 0 saturated carbocycles. The van der Waals surface area contributed by atoms with Crippen LogP contribution < -0.4 is 4.74 Å². The summed E-state index contributed by atoms with van der Waals surface area (Å²) in [6.07, 6.45) is 0. The van der Waals surface area contributed by atoms with Crippen LogP contribution in [0.1, 0.15) is 5.56 Å². The summed E-state index contributed by atoms with van der Waals surface area (Å²) in [6.45, 7) is 0.872. The van der Waals surface area contributed by atoms with Crippen molar-refractivity contribution in [3.05, 3.63) is 29.6 Å². The highest BCUT2D eigenvalue weighted by molar-refractivity contribution is 6.19. The van der Waals surface area contributed by atoms with E-state index in [4.69, 9.17) is 21.1 Å². The fourth-order valence-corrected chi connectivity index (χ4v) is 1.16. The Hall–Kier alpha value is -1.24. The van der Waals surface area contributed by atoms with Gasteiger partial charge in [-0.2, -0.15) is 0 Å². The van der Waals surface area contributed by atoms with Crippen LogP contribution in [0.2, 0.25) is 0 Å². The highest BCUT2D eigenvalue weighted by Crippen LogP contribution is 2.18. The smallest absolute Gasteiger partial charge is 0.135 e. The third-order valence-corrected chi connectivity index (χ3v) is 1.91. The molecule has 16 heavy (non-hydrogen) atoms. The lowest BCUT2D eigenvalue weighted by Gasteiger charge is -2.07. The Kier molecular flexibility index (Phi) is 5.69. The Bertz CT molecular complexity index is 396. The molecule has 86 valence electrons. The van der Waals surface area contributed by atoms with Gasteiger partial charge in [-0.05, 0) is 18.2 Å². The lowest BCUT2D eigenvalue weighted by Crippen LogP contribution is -2.05. The van der Waals surface area contributed by atoms with E-state index in [1.54, 1.807) is 13.2 Å². The SMILES string of the molecule is COCCOc1ccc(F)cc1C#CCCl. The molecule has 0 heterocycles. The second-order valence-corrected chi connectivity index (χ2v) is 3.18. The molecule has 0 amide bonds. The highest BCUT2D eigenvalue weighted by Gasteiger charge is 2.02. The van der Waals surface area contributed by atoms with Crippen molar-refractivity contribution in [3.63, 3.8) is 0 Å². The zero-order valence-electron chi connectivity index (χ0n) is 8.93. The second-order valence-electron chi connectivity index (χ2n) is 2.92. The van der Waals surface area contributed by atoms with E-state index in [9.17, 15) is 4.39 Å². The minimum absolute atomic E-state index is 0.202. The van der Waals surface area contributed by atoms with Gasteiger partial charge < -0.3 is 9.47 Å². The van der Waals surface area contributed by atoms with Gasteiger partial charge in [0.15, 0.2) is 0 Å². The van der Waals surface area contributed by atoms with Crippen molar-refractivity contribution in [2.45, 2.75) is 0 Å². The fraction of sp³-hybridized carbons (Fsp3) is 0.333. The first-order valence-electron chi connectivity index (χ1n) is 4.74. The summed E-state index contributed by atoms with van der Waals surface area (Å²) in [5, 5.41) is 0. The summed E-state index contributed by atoms with van der Waals surface area (Å²) in [5.41, 5.74) is 0.497. The summed E-state index contributed by atoms with van der Waals surface area (Å²) in [7, 11) is 1.59. The zero-order valence-corrected chi connectivity index (χ0v) is 9.68.